The molecule has 1 aliphatic heterocycles. The minimum Gasteiger partial charge on any atom is -0.448 e. The van der Waals surface area contributed by atoms with Crippen LogP contribution < -0.4 is 5.32 Å². The van der Waals surface area contributed by atoms with Gasteiger partial charge in [0, 0.05) is 6.54 Å². The fourth-order valence-corrected chi connectivity index (χ4v) is 1.42. The van der Waals surface area contributed by atoms with Crippen molar-refractivity contribution in [2.75, 3.05) is 32.8 Å². The molecule has 4 heteroatoms. The Morgan fingerprint density at radius 1 is 1.69 bits per heavy atom. The number of nitrogens with one attached hydrogen (secondary N) is 1. The van der Waals surface area contributed by atoms with Crippen molar-refractivity contribution >= 4 is 6.09 Å². The molecule has 1 saturated heterocycles. The van der Waals surface area contributed by atoms with Gasteiger partial charge in [0.25, 0.3) is 0 Å². The maximum Gasteiger partial charge on any atom is 0.409 e. The van der Waals surface area contributed by atoms with Crippen LogP contribution in [0.15, 0.2) is 0 Å². The molecule has 0 aromatic rings. The molecule has 0 saturated carbocycles. The van der Waals surface area contributed by atoms with Crippen molar-refractivity contribution < 1.29 is 9.53 Å². The van der Waals surface area contributed by atoms with Crippen molar-refractivity contribution in [2.24, 2.45) is 5.92 Å². The van der Waals surface area contributed by atoms with E-state index in [0.717, 1.165) is 26.2 Å². The Labute approximate surface area is 79.2 Å². The fraction of sp³-hybridized carbons (Fsp3) is 0.889. The molecule has 0 aromatic carbocycles. The zero-order valence-corrected chi connectivity index (χ0v) is 8.38. The molecular weight excluding hydrogens is 168 g/mol. The number of carbonyl (C=O) groups is 1. The van der Waals surface area contributed by atoms with Gasteiger partial charge in [0.15, 0.2) is 0 Å². The first kappa shape index (κ1) is 10.3. The second-order valence-electron chi connectivity index (χ2n) is 3.47. The summed E-state index contributed by atoms with van der Waals surface area (Å²) in [5, 5.41) is 3.26. The minimum atomic E-state index is -0.164. The monoisotopic (exact) mass is 186 g/mol. The molecule has 13 heavy (non-hydrogen) atoms. The van der Waals surface area contributed by atoms with Gasteiger partial charge in [-0.15, -0.1) is 0 Å². The van der Waals surface area contributed by atoms with Crippen LogP contribution in [0.3, 0.4) is 0 Å². The Kier molecular flexibility index (Phi) is 4.02. The van der Waals surface area contributed by atoms with Gasteiger partial charge in [0.05, 0.1) is 6.54 Å². The standard InChI is InChI=1S/C9H18N2O2/c1-3-10-6-8(2)7-11-4-5-13-9(11)12/h8,10H,3-7H2,1-2H3. The van der Waals surface area contributed by atoms with Crippen molar-refractivity contribution in [1.29, 1.82) is 0 Å². The Hall–Kier alpha value is -0.770. The van der Waals surface area contributed by atoms with Gasteiger partial charge in [-0.2, -0.15) is 0 Å². The summed E-state index contributed by atoms with van der Waals surface area (Å²) in [5.41, 5.74) is 0. The van der Waals surface area contributed by atoms with Crippen molar-refractivity contribution in [3.8, 4) is 0 Å². The molecule has 76 valence electrons. The molecule has 1 rings (SSSR count). The number of rotatable bonds is 5. The van der Waals surface area contributed by atoms with Gasteiger partial charge in [-0.05, 0) is 19.0 Å². The van der Waals surface area contributed by atoms with E-state index in [-0.39, 0.29) is 6.09 Å². The minimum absolute atomic E-state index is 0.164. The van der Waals surface area contributed by atoms with Gasteiger partial charge in [0.1, 0.15) is 6.61 Å². The van der Waals surface area contributed by atoms with Crippen LogP contribution in [0.1, 0.15) is 13.8 Å². The lowest BCUT2D eigenvalue weighted by Gasteiger charge is -2.18. The molecule has 1 fully saturated rings. The lowest BCUT2D eigenvalue weighted by Crippen LogP contribution is -2.33. The van der Waals surface area contributed by atoms with Crippen molar-refractivity contribution in [2.45, 2.75) is 13.8 Å². The summed E-state index contributed by atoms with van der Waals surface area (Å²) in [4.78, 5) is 12.8. The first-order valence-electron chi connectivity index (χ1n) is 4.86. The molecule has 1 amide bonds. The highest BCUT2D eigenvalue weighted by atomic mass is 16.6. The van der Waals surface area contributed by atoms with Crippen LogP contribution in [0.4, 0.5) is 4.79 Å². The van der Waals surface area contributed by atoms with E-state index in [1.54, 1.807) is 4.90 Å². The largest absolute Gasteiger partial charge is 0.448 e. The van der Waals surface area contributed by atoms with E-state index in [9.17, 15) is 4.79 Å². The van der Waals surface area contributed by atoms with Crippen LogP contribution in [-0.4, -0.2) is 43.8 Å². The van der Waals surface area contributed by atoms with Crippen molar-refractivity contribution in [3.05, 3.63) is 0 Å². The predicted octanol–water partition coefficient (Wildman–Crippen LogP) is 0.684. The summed E-state index contributed by atoms with van der Waals surface area (Å²) in [6.07, 6.45) is -0.164. The average molecular weight is 186 g/mol. The maximum atomic E-state index is 11.1. The molecule has 1 aliphatic rings. The van der Waals surface area contributed by atoms with Gasteiger partial charge < -0.3 is 15.0 Å². The summed E-state index contributed by atoms with van der Waals surface area (Å²) in [7, 11) is 0. The summed E-state index contributed by atoms with van der Waals surface area (Å²) in [6.45, 7) is 8.24. The molecule has 0 aromatic heterocycles. The van der Waals surface area contributed by atoms with E-state index < -0.39 is 0 Å². The SMILES string of the molecule is CCNCC(C)CN1CCOC1=O. The van der Waals surface area contributed by atoms with Crippen LogP contribution in [0.5, 0.6) is 0 Å². The maximum absolute atomic E-state index is 11.1. The van der Waals surface area contributed by atoms with E-state index >= 15 is 0 Å². The smallest absolute Gasteiger partial charge is 0.409 e. The molecule has 0 radical (unpaired) electrons. The van der Waals surface area contributed by atoms with Gasteiger partial charge in [-0.25, -0.2) is 4.79 Å². The Bertz CT molecular complexity index is 173. The van der Waals surface area contributed by atoms with E-state index in [0.29, 0.717) is 12.5 Å². The summed E-state index contributed by atoms with van der Waals surface area (Å²) in [6, 6.07) is 0. The molecule has 1 N–H and O–H groups in total. The number of carbonyl (C=O) groups excluding carboxylic acids is 1. The van der Waals surface area contributed by atoms with Crippen LogP contribution in [0, 0.1) is 5.92 Å². The van der Waals surface area contributed by atoms with Gasteiger partial charge in [-0.1, -0.05) is 13.8 Å². The third-order valence-corrected chi connectivity index (χ3v) is 2.12. The highest BCUT2D eigenvalue weighted by Crippen LogP contribution is 2.06. The second kappa shape index (κ2) is 5.07. The number of amides is 1. The lowest BCUT2D eigenvalue weighted by atomic mass is 10.1. The third kappa shape index (κ3) is 3.22. The first-order valence-corrected chi connectivity index (χ1v) is 4.86. The quantitative estimate of drug-likeness (QED) is 0.686. The molecular formula is C9H18N2O2. The predicted molar refractivity (Wildman–Crippen MR) is 50.6 cm³/mol. The zero-order valence-electron chi connectivity index (χ0n) is 8.38. The third-order valence-electron chi connectivity index (χ3n) is 2.12. The molecule has 1 unspecified atom stereocenters. The van der Waals surface area contributed by atoms with Crippen molar-refractivity contribution in [1.82, 2.24) is 10.2 Å². The normalized spacial score (nSPS) is 18.9. The van der Waals surface area contributed by atoms with Crippen molar-refractivity contribution in [3.63, 3.8) is 0 Å². The lowest BCUT2D eigenvalue weighted by molar-refractivity contribution is 0.155. The fourth-order valence-electron chi connectivity index (χ4n) is 1.42. The highest BCUT2D eigenvalue weighted by Gasteiger charge is 2.22. The number of hydrogen-bond acceptors (Lipinski definition) is 3. The molecule has 1 atom stereocenters. The molecule has 0 spiro atoms. The topological polar surface area (TPSA) is 41.6 Å². The zero-order chi connectivity index (χ0) is 9.68. The summed E-state index contributed by atoms with van der Waals surface area (Å²) >= 11 is 0. The van der Waals surface area contributed by atoms with E-state index in [4.69, 9.17) is 4.74 Å². The Morgan fingerprint density at radius 2 is 2.46 bits per heavy atom. The van der Waals surface area contributed by atoms with Crippen LogP contribution in [0.25, 0.3) is 0 Å². The highest BCUT2D eigenvalue weighted by molar-refractivity contribution is 5.69. The van der Waals surface area contributed by atoms with Gasteiger partial charge >= 0.3 is 6.09 Å². The number of nitrogens with zero attached hydrogens (tertiary/aromatic N) is 1. The molecule has 1 heterocycles. The van der Waals surface area contributed by atoms with E-state index in [1.807, 2.05) is 0 Å². The molecule has 0 aliphatic carbocycles. The number of cyclic esters (lactones) is 1. The Morgan fingerprint density at radius 3 is 3.00 bits per heavy atom. The van der Waals surface area contributed by atoms with Crippen LogP contribution >= 0.6 is 0 Å². The summed E-state index contributed by atoms with van der Waals surface area (Å²) in [5.74, 6) is 0.491. The van der Waals surface area contributed by atoms with E-state index in [1.165, 1.54) is 0 Å². The number of hydrogen-bond donors (Lipinski definition) is 1. The van der Waals surface area contributed by atoms with Crippen LogP contribution in [0.2, 0.25) is 0 Å². The average Bonchev–Trinajstić information content (AvgIpc) is 2.48. The molecule has 0 bridgehead atoms. The van der Waals surface area contributed by atoms with Gasteiger partial charge in [0.2, 0.25) is 0 Å². The first-order chi connectivity index (χ1) is 6.24. The summed E-state index contributed by atoms with van der Waals surface area (Å²) < 4.78 is 4.84. The molecule has 4 nitrogen and oxygen atoms in total. The van der Waals surface area contributed by atoms with Crippen LogP contribution in [-0.2, 0) is 4.74 Å². The number of ether oxygens (including phenoxy) is 1. The Balaban J connectivity index is 2.19. The second-order valence-corrected chi connectivity index (χ2v) is 3.47. The van der Waals surface area contributed by atoms with Gasteiger partial charge in [-0.3, -0.25) is 0 Å². The van der Waals surface area contributed by atoms with E-state index in [2.05, 4.69) is 19.2 Å².